The van der Waals surface area contributed by atoms with Crippen LogP contribution < -0.4 is 0 Å². The molecule has 15 heavy (non-hydrogen) atoms. The molecule has 0 radical (unpaired) electrons. The average molecular weight is 209 g/mol. The first-order chi connectivity index (χ1) is 7.11. The number of piperazine rings is 1. The van der Waals surface area contributed by atoms with Crippen LogP contribution in [0.5, 0.6) is 0 Å². The molecule has 0 aromatic carbocycles. The molecule has 1 aliphatic rings. The predicted octanol–water partition coefficient (Wildman–Crippen LogP) is 0.841. The molecule has 0 aromatic heterocycles. The standard InChI is InChI=1S/C11H19N3O/c1-4-7-14-9(2)8-13(3)11(15)10(14)5-6-12/h9-10H,4-5,7-8H2,1-3H3. The Morgan fingerprint density at radius 1 is 1.60 bits per heavy atom. The van der Waals surface area contributed by atoms with Crippen molar-refractivity contribution in [1.82, 2.24) is 9.80 Å². The lowest BCUT2D eigenvalue weighted by Gasteiger charge is -2.42. The molecule has 2 unspecified atom stereocenters. The van der Waals surface area contributed by atoms with Crippen molar-refractivity contribution >= 4 is 5.91 Å². The average Bonchev–Trinajstić information content (AvgIpc) is 2.20. The molecule has 0 aromatic rings. The van der Waals surface area contributed by atoms with Gasteiger partial charge in [0.25, 0.3) is 0 Å². The highest BCUT2D eigenvalue weighted by Gasteiger charge is 2.36. The summed E-state index contributed by atoms with van der Waals surface area (Å²) >= 11 is 0. The van der Waals surface area contributed by atoms with Gasteiger partial charge >= 0.3 is 0 Å². The molecule has 2 atom stereocenters. The second-order valence-electron chi connectivity index (χ2n) is 4.18. The summed E-state index contributed by atoms with van der Waals surface area (Å²) < 4.78 is 0. The minimum atomic E-state index is -0.233. The number of rotatable bonds is 3. The van der Waals surface area contributed by atoms with E-state index < -0.39 is 0 Å². The Morgan fingerprint density at radius 3 is 2.80 bits per heavy atom. The fraction of sp³-hybridized carbons (Fsp3) is 0.818. The van der Waals surface area contributed by atoms with Gasteiger partial charge in [-0.1, -0.05) is 6.92 Å². The molecule has 1 saturated heterocycles. The number of hydrogen-bond acceptors (Lipinski definition) is 3. The van der Waals surface area contributed by atoms with Crippen LogP contribution in [-0.2, 0) is 4.79 Å². The van der Waals surface area contributed by atoms with E-state index in [4.69, 9.17) is 5.26 Å². The van der Waals surface area contributed by atoms with Crippen molar-refractivity contribution in [3.8, 4) is 6.07 Å². The van der Waals surface area contributed by atoms with Crippen molar-refractivity contribution in [2.75, 3.05) is 20.1 Å². The summed E-state index contributed by atoms with van der Waals surface area (Å²) in [5.74, 6) is 0.0862. The van der Waals surface area contributed by atoms with Crippen LogP contribution in [0, 0.1) is 11.3 Å². The van der Waals surface area contributed by atoms with Gasteiger partial charge in [-0.2, -0.15) is 5.26 Å². The Morgan fingerprint density at radius 2 is 2.27 bits per heavy atom. The van der Waals surface area contributed by atoms with Crippen LogP contribution in [0.4, 0.5) is 0 Å². The van der Waals surface area contributed by atoms with Gasteiger partial charge in [0.05, 0.1) is 12.5 Å². The summed E-state index contributed by atoms with van der Waals surface area (Å²) in [5.41, 5.74) is 0. The summed E-state index contributed by atoms with van der Waals surface area (Å²) in [6, 6.07) is 2.23. The third-order valence-electron chi connectivity index (χ3n) is 2.93. The second-order valence-corrected chi connectivity index (χ2v) is 4.18. The number of nitriles is 1. The van der Waals surface area contributed by atoms with Gasteiger partial charge in [0, 0.05) is 19.6 Å². The molecule has 1 aliphatic heterocycles. The zero-order chi connectivity index (χ0) is 11.4. The summed E-state index contributed by atoms with van der Waals surface area (Å²) in [6.07, 6.45) is 1.32. The molecule has 1 heterocycles. The fourth-order valence-electron chi connectivity index (χ4n) is 2.22. The van der Waals surface area contributed by atoms with Gasteiger partial charge in [-0.15, -0.1) is 0 Å². The smallest absolute Gasteiger partial charge is 0.240 e. The SMILES string of the molecule is CCCN1C(C)CN(C)C(=O)C1CC#N. The Bertz CT molecular complexity index is 271. The maximum atomic E-state index is 11.9. The number of amides is 1. The Labute approximate surface area is 91.5 Å². The van der Waals surface area contributed by atoms with Crippen molar-refractivity contribution < 1.29 is 4.79 Å². The minimum absolute atomic E-state index is 0.0862. The molecule has 0 saturated carbocycles. The topological polar surface area (TPSA) is 47.3 Å². The summed E-state index contributed by atoms with van der Waals surface area (Å²) in [7, 11) is 1.81. The molecule has 1 amide bonds. The van der Waals surface area contributed by atoms with Gasteiger partial charge in [0.15, 0.2) is 0 Å². The molecular weight excluding hydrogens is 190 g/mol. The van der Waals surface area contributed by atoms with Crippen LogP contribution in [0.1, 0.15) is 26.7 Å². The number of carbonyl (C=O) groups is 1. The number of hydrogen-bond donors (Lipinski definition) is 0. The largest absolute Gasteiger partial charge is 0.343 e. The molecule has 4 nitrogen and oxygen atoms in total. The van der Waals surface area contributed by atoms with Crippen molar-refractivity contribution in [3.05, 3.63) is 0 Å². The number of carbonyl (C=O) groups excluding carboxylic acids is 1. The Hall–Kier alpha value is -1.08. The fourth-order valence-corrected chi connectivity index (χ4v) is 2.22. The quantitative estimate of drug-likeness (QED) is 0.692. The Kier molecular flexibility index (Phi) is 4.10. The first kappa shape index (κ1) is 12.0. The van der Waals surface area contributed by atoms with Gasteiger partial charge < -0.3 is 4.90 Å². The molecule has 1 rings (SSSR count). The Balaban J connectivity index is 2.80. The van der Waals surface area contributed by atoms with E-state index in [-0.39, 0.29) is 11.9 Å². The highest BCUT2D eigenvalue weighted by Crippen LogP contribution is 2.18. The lowest BCUT2D eigenvalue weighted by molar-refractivity contribution is -0.142. The predicted molar refractivity (Wildman–Crippen MR) is 58.1 cm³/mol. The lowest BCUT2D eigenvalue weighted by Crippen LogP contribution is -2.59. The van der Waals surface area contributed by atoms with Gasteiger partial charge in [-0.05, 0) is 19.9 Å². The van der Waals surface area contributed by atoms with Gasteiger partial charge in [-0.3, -0.25) is 9.69 Å². The molecule has 0 bridgehead atoms. The van der Waals surface area contributed by atoms with E-state index in [9.17, 15) is 4.79 Å². The van der Waals surface area contributed by atoms with Crippen molar-refractivity contribution in [2.45, 2.75) is 38.8 Å². The summed E-state index contributed by atoms with van der Waals surface area (Å²) in [5, 5.41) is 8.75. The summed E-state index contributed by atoms with van der Waals surface area (Å²) in [6.45, 7) is 5.87. The third-order valence-corrected chi connectivity index (χ3v) is 2.93. The van der Waals surface area contributed by atoms with Crippen LogP contribution in [0.25, 0.3) is 0 Å². The van der Waals surface area contributed by atoms with Crippen LogP contribution in [0.15, 0.2) is 0 Å². The van der Waals surface area contributed by atoms with E-state index in [0.29, 0.717) is 12.5 Å². The maximum absolute atomic E-state index is 11.9. The molecule has 4 heteroatoms. The van der Waals surface area contributed by atoms with Crippen molar-refractivity contribution in [1.29, 1.82) is 5.26 Å². The molecule has 0 N–H and O–H groups in total. The van der Waals surface area contributed by atoms with Gasteiger partial charge in [0.2, 0.25) is 5.91 Å². The highest BCUT2D eigenvalue weighted by atomic mass is 16.2. The zero-order valence-electron chi connectivity index (χ0n) is 9.73. The van der Waals surface area contributed by atoms with Crippen LogP contribution in [-0.4, -0.2) is 47.9 Å². The van der Waals surface area contributed by atoms with Crippen LogP contribution in [0.2, 0.25) is 0 Å². The zero-order valence-corrected chi connectivity index (χ0v) is 9.73. The van der Waals surface area contributed by atoms with Gasteiger partial charge in [0.1, 0.15) is 6.04 Å². The van der Waals surface area contributed by atoms with Crippen molar-refractivity contribution in [3.63, 3.8) is 0 Å². The van der Waals surface area contributed by atoms with E-state index in [1.165, 1.54) is 0 Å². The van der Waals surface area contributed by atoms with E-state index in [1.54, 1.807) is 4.90 Å². The van der Waals surface area contributed by atoms with E-state index in [2.05, 4.69) is 24.8 Å². The highest BCUT2D eigenvalue weighted by molar-refractivity contribution is 5.82. The molecule has 1 fully saturated rings. The molecule has 0 aliphatic carbocycles. The van der Waals surface area contributed by atoms with E-state index >= 15 is 0 Å². The maximum Gasteiger partial charge on any atom is 0.240 e. The molecular formula is C11H19N3O. The second kappa shape index (κ2) is 5.13. The van der Waals surface area contributed by atoms with Crippen molar-refractivity contribution in [2.24, 2.45) is 0 Å². The molecule has 84 valence electrons. The van der Waals surface area contributed by atoms with Crippen LogP contribution >= 0.6 is 0 Å². The van der Waals surface area contributed by atoms with Gasteiger partial charge in [-0.25, -0.2) is 0 Å². The van der Waals surface area contributed by atoms with E-state index in [0.717, 1.165) is 19.5 Å². The monoisotopic (exact) mass is 209 g/mol. The number of likely N-dealkylation sites (N-methyl/N-ethyl adjacent to an activating group) is 1. The third kappa shape index (κ3) is 2.48. The lowest BCUT2D eigenvalue weighted by atomic mass is 10.0. The normalized spacial score (nSPS) is 27.9. The van der Waals surface area contributed by atoms with E-state index in [1.807, 2.05) is 7.05 Å². The summed E-state index contributed by atoms with van der Waals surface area (Å²) in [4.78, 5) is 15.8. The first-order valence-corrected chi connectivity index (χ1v) is 5.49. The minimum Gasteiger partial charge on any atom is -0.343 e. The first-order valence-electron chi connectivity index (χ1n) is 5.49. The number of nitrogens with zero attached hydrogens (tertiary/aromatic N) is 3. The molecule has 0 spiro atoms. The van der Waals surface area contributed by atoms with Crippen LogP contribution in [0.3, 0.4) is 0 Å².